The fourth-order valence-corrected chi connectivity index (χ4v) is 4.79. The molecule has 1 atom stereocenters. The van der Waals surface area contributed by atoms with Crippen LogP contribution in [0.15, 0.2) is 70.6 Å². The van der Waals surface area contributed by atoms with E-state index in [0.717, 1.165) is 12.1 Å². The monoisotopic (exact) mass is 492 g/mol. The third-order valence-electron chi connectivity index (χ3n) is 4.64. The van der Waals surface area contributed by atoms with E-state index in [9.17, 15) is 23.6 Å². The summed E-state index contributed by atoms with van der Waals surface area (Å²) in [6.07, 6.45) is 1.42. The first-order valence-electron chi connectivity index (χ1n) is 9.19. The number of rotatable bonds is 4. The molecule has 0 spiro atoms. The maximum absolute atomic E-state index is 12.9. The van der Waals surface area contributed by atoms with Crippen molar-refractivity contribution in [2.45, 2.75) is 9.79 Å². The summed E-state index contributed by atoms with van der Waals surface area (Å²) in [6.45, 7) is 0.859. The number of aromatic nitrogens is 1. The van der Waals surface area contributed by atoms with Gasteiger partial charge in [0.1, 0.15) is 34.0 Å². The van der Waals surface area contributed by atoms with Crippen molar-refractivity contribution in [1.29, 1.82) is 0 Å². The predicted octanol–water partition coefficient (Wildman–Crippen LogP) is 6.55. The van der Waals surface area contributed by atoms with Gasteiger partial charge in [-0.25, -0.2) is 13.5 Å². The van der Waals surface area contributed by atoms with Gasteiger partial charge >= 0.3 is 10.2 Å². The molecule has 0 saturated heterocycles. The maximum Gasteiger partial charge on any atom is 0.310 e. The van der Waals surface area contributed by atoms with Gasteiger partial charge in [0.2, 0.25) is 5.88 Å². The number of hydrogen-bond donors (Lipinski definition) is 0. The van der Waals surface area contributed by atoms with Gasteiger partial charge in [-0.3, -0.25) is 0 Å². The van der Waals surface area contributed by atoms with E-state index in [1.165, 1.54) is 6.20 Å². The van der Waals surface area contributed by atoms with Crippen molar-refractivity contribution in [3.05, 3.63) is 60.8 Å². The predicted molar refractivity (Wildman–Crippen MR) is 112 cm³/mol. The molecule has 4 rings (SSSR count). The Kier molecular flexibility index (Phi) is 5.03. The zero-order valence-corrected chi connectivity index (χ0v) is 18.1. The van der Waals surface area contributed by atoms with Crippen molar-refractivity contribution in [3.63, 3.8) is 0 Å². The Bertz CT molecular complexity index is 1210. The molecule has 5 nitrogen and oxygen atoms in total. The van der Waals surface area contributed by atoms with Crippen LogP contribution in [0.5, 0.6) is 17.4 Å². The molecule has 0 bridgehead atoms. The highest BCUT2D eigenvalue weighted by atomic mass is 32.5. The zero-order valence-electron chi connectivity index (χ0n) is 16.5. The van der Waals surface area contributed by atoms with Crippen molar-refractivity contribution >= 4 is 21.2 Å². The van der Waals surface area contributed by atoms with E-state index in [1.807, 2.05) is 0 Å². The van der Waals surface area contributed by atoms with Crippen LogP contribution in [-0.2, 0) is 11.0 Å². The second-order valence-electron chi connectivity index (χ2n) is 7.01. The molecule has 0 N–H and O–H groups in total. The fraction of sp³-hybridized carbons (Fsp3) is 0.150. The van der Waals surface area contributed by atoms with Crippen LogP contribution in [0.3, 0.4) is 0 Å². The van der Waals surface area contributed by atoms with E-state index >= 15 is 0 Å². The third-order valence-corrected chi connectivity index (χ3v) is 7.25. The quantitative estimate of drug-likeness (QED) is 0.388. The molecule has 3 aromatic rings. The Hall–Kier alpha value is -2.70. The third kappa shape index (κ3) is 4.71. The first kappa shape index (κ1) is 22.5. The van der Waals surface area contributed by atoms with Crippen LogP contribution in [0, 0.1) is 0 Å². The van der Waals surface area contributed by atoms with Crippen LogP contribution in [0.4, 0.5) is 19.4 Å². The highest BCUT2D eigenvalue weighted by Gasteiger charge is 2.65. The van der Waals surface area contributed by atoms with E-state index < -0.39 is 26.1 Å². The molecule has 12 heteroatoms. The second-order valence-corrected chi connectivity index (χ2v) is 11.0. The van der Waals surface area contributed by atoms with Gasteiger partial charge in [0, 0.05) is 25.4 Å². The van der Waals surface area contributed by atoms with Crippen LogP contribution < -0.4 is 9.47 Å². The summed E-state index contributed by atoms with van der Waals surface area (Å²) in [7, 11) is -9.52. The SMILES string of the molecule is CN1CCOc2ccc(-c3cccnc3Oc3ccc(S(F)(F)(F)(F)F)cc3)cc2S1=O. The minimum atomic E-state index is -9.77. The molecular formula is C20H17F5N2O3S2. The lowest BCUT2D eigenvalue weighted by Gasteiger charge is -2.40. The molecular weight excluding hydrogens is 475 g/mol. The lowest BCUT2D eigenvalue weighted by Crippen LogP contribution is -2.23. The summed E-state index contributed by atoms with van der Waals surface area (Å²) in [5, 5.41) is 0. The maximum atomic E-state index is 12.9. The van der Waals surface area contributed by atoms with Gasteiger partial charge < -0.3 is 9.47 Å². The van der Waals surface area contributed by atoms with Crippen molar-refractivity contribution < 1.29 is 33.1 Å². The average Bonchev–Trinajstić information content (AvgIpc) is 2.86. The number of benzene rings is 2. The molecule has 0 radical (unpaired) electrons. The molecule has 0 amide bonds. The van der Waals surface area contributed by atoms with Gasteiger partial charge in [0.25, 0.3) is 0 Å². The molecule has 1 aliphatic rings. The fourth-order valence-electron chi connectivity index (χ4n) is 3.03. The number of fused-ring (bicyclic) bond motifs is 1. The van der Waals surface area contributed by atoms with Gasteiger partial charge in [0.05, 0.1) is 4.90 Å². The highest BCUT2D eigenvalue weighted by Crippen LogP contribution is 3.02. The largest absolute Gasteiger partial charge is 0.491 e. The van der Waals surface area contributed by atoms with E-state index in [-0.39, 0.29) is 23.8 Å². The Morgan fingerprint density at radius 3 is 2.47 bits per heavy atom. The lowest BCUT2D eigenvalue weighted by molar-refractivity contribution is 0.295. The smallest absolute Gasteiger partial charge is 0.310 e. The lowest BCUT2D eigenvalue weighted by atomic mass is 10.1. The van der Waals surface area contributed by atoms with Crippen LogP contribution in [0.2, 0.25) is 0 Å². The number of hydrogen-bond acceptors (Lipinski definition) is 4. The summed E-state index contributed by atoms with van der Waals surface area (Å²) in [5.74, 6) is 0.424. The first-order valence-corrected chi connectivity index (χ1v) is 12.2. The van der Waals surface area contributed by atoms with Crippen molar-refractivity contribution in [1.82, 2.24) is 9.29 Å². The summed E-state index contributed by atoms with van der Waals surface area (Å²) in [6, 6.07) is 10.5. The minimum Gasteiger partial charge on any atom is -0.491 e. The molecule has 2 aromatic carbocycles. The topological polar surface area (TPSA) is 51.7 Å². The number of halogens is 5. The molecule has 0 fully saturated rings. The van der Waals surface area contributed by atoms with Gasteiger partial charge in [-0.1, -0.05) is 25.5 Å². The molecule has 2 heterocycles. The van der Waals surface area contributed by atoms with E-state index in [1.54, 1.807) is 41.7 Å². The minimum absolute atomic E-state index is 0.0428. The normalized spacial score (nSPS) is 19.1. The Balaban J connectivity index is 1.68. The highest BCUT2D eigenvalue weighted by molar-refractivity contribution is 8.45. The van der Waals surface area contributed by atoms with Gasteiger partial charge in [-0.15, -0.1) is 0 Å². The standard InChI is InChI=1S/C20H17F5N2O3S2/c1-27-11-12-29-18-9-4-14(13-19(18)31(27)28)17-3-2-10-26-20(17)30-15-5-7-16(8-6-15)32(21,22,23,24)25/h2-10,13H,11-12H2,1H3. The van der Waals surface area contributed by atoms with Crippen LogP contribution in [0.1, 0.15) is 0 Å². The summed E-state index contributed by atoms with van der Waals surface area (Å²) >= 11 is 0. The molecule has 1 aliphatic heterocycles. The molecule has 172 valence electrons. The van der Waals surface area contributed by atoms with Crippen LogP contribution >= 0.6 is 10.2 Å². The number of likely N-dealkylation sites (N-methyl/N-ethyl adjacent to an activating group) is 1. The zero-order chi connectivity index (χ0) is 23.2. The van der Waals surface area contributed by atoms with Gasteiger partial charge in [-0.05, 0) is 54.1 Å². The molecule has 32 heavy (non-hydrogen) atoms. The first-order chi connectivity index (χ1) is 14.8. The van der Waals surface area contributed by atoms with E-state index in [0.29, 0.717) is 34.9 Å². The van der Waals surface area contributed by atoms with Crippen molar-refractivity contribution in [2.24, 2.45) is 0 Å². The van der Waals surface area contributed by atoms with Crippen molar-refractivity contribution in [3.8, 4) is 28.5 Å². The van der Waals surface area contributed by atoms with Gasteiger partial charge in [0.15, 0.2) is 0 Å². The van der Waals surface area contributed by atoms with Crippen LogP contribution in [-0.4, -0.2) is 33.7 Å². The number of pyridine rings is 1. The molecule has 0 aliphatic carbocycles. The average molecular weight is 492 g/mol. The summed E-state index contributed by atoms with van der Waals surface area (Å²) in [5.41, 5.74) is 1.05. The van der Waals surface area contributed by atoms with E-state index in [4.69, 9.17) is 9.47 Å². The molecule has 1 aromatic heterocycles. The van der Waals surface area contributed by atoms with E-state index in [2.05, 4.69) is 4.98 Å². The number of ether oxygens (including phenoxy) is 2. The van der Waals surface area contributed by atoms with Crippen molar-refractivity contribution in [2.75, 3.05) is 20.2 Å². The number of nitrogens with zero attached hydrogens (tertiary/aromatic N) is 2. The van der Waals surface area contributed by atoms with Crippen LogP contribution in [0.25, 0.3) is 11.1 Å². The molecule has 1 unspecified atom stereocenters. The summed E-state index contributed by atoms with van der Waals surface area (Å²) in [4.78, 5) is 2.56. The molecule has 0 saturated carbocycles. The Morgan fingerprint density at radius 2 is 1.78 bits per heavy atom. The summed E-state index contributed by atoms with van der Waals surface area (Å²) < 4.78 is 90.2. The van der Waals surface area contributed by atoms with Gasteiger partial charge in [-0.2, -0.15) is 0 Å². The Morgan fingerprint density at radius 1 is 1.06 bits per heavy atom. The Labute approximate surface area is 183 Å². The second kappa shape index (κ2) is 7.15.